The lowest BCUT2D eigenvalue weighted by Crippen LogP contribution is -2.44. The van der Waals surface area contributed by atoms with Gasteiger partial charge in [-0.1, -0.05) is 12.1 Å². The smallest absolute Gasteiger partial charge is 0.410 e. The van der Waals surface area contributed by atoms with E-state index in [2.05, 4.69) is 21.4 Å². The van der Waals surface area contributed by atoms with Crippen molar-refractivity contribution in [2.45, 2.75) is 52.7 Å². The number of amides is 3. The first-order valence-corrected chi connectivity index (χ1v) is 15.2. The molecule has 232 valence electrons. The van der Waals surface area contributed by atoms with Crippen molar-refractivity contribution >= 4 is 34.5 Å². The Hall–Kier alpha value is -5.17. The predicted octanol–water partition coefficient (Wildman–Crippen LogP) is 6.03. The van der Waals surface area contributed by atoms with E-state index in [9.17, 15) is 19.6 Å². The number of nitriles is 1. The number of ether oxygens (including phenoxy) is 1. The second kappa shape index (κ2) is 13.2. The Morgan fingerprint density at radius 2 is 1.80 bits per heavy atom. The summed E-state index contributed by atoms with van der Waals surface area (Å²) in [6, 6.07) is 19.0. The number of aromatic nitrogens is 2. The minimum Gasteiger partial charge on any atom is -0.444 e. The molecule has 3 amide bonds. The summed E-state index contributed by atoms with van der Waals surface area (Å²) in [6.45, 7) is 9.17. The summed E-state index contributed by atoms with van der Waals surface area (Å²) in [5, 5.41) is 13.2. The Labute approximate surface area is 263 Å². The molecule has 4 aromatic rings. The normalized spacial score (nSPS) is 13.7. The van der Waals surface area contributed by atoms with E-state index >= 15 is 0 Å². The van der Waals surface area contributed by atoms with Crippen molar-refractivity contribution < 1.29 is 19.1 Å². The number of nitrogens with zero attached hydrogens (tertiary/aromatic N) is 4. The molecule has 0 spiro atoms. The molecule has 0 unspecified atom stereocenters. The van der Waals surface area contributed by atoms with Gasteiger partial charge in [0.05, 0.1) is 17.8 Å². The van der Waals surface area contributed by atoms with Crippen LogP contribution in [0.25, 0.3) is 22.0 Å². The molecule has 1 saturated heterocycles. The lowest BCUT2D eigenvalue weighted by molar-refractivity contribution is -0.126. The molecule has 10 heteroatoms. The van der Waals surface area contributed by atoms with Crippen molar-refractivity contribution in [3.05, 3.63) is 83.8 Å². The molecule has 2 aromatic carbocycles. The number of anilines is 1. The molecule has 10 nitrogen and oxygen atoms in total. The number of piperidine rings is 1. The number of hydrogen-bond donors (Lipinski definition) is 2. The summed E-state index contributed by atoms with van der Waals surface area (Å²) in [4.78, 5) is 49.5. The molecule has 5 rings (SSSR count). The molecule has 1 aliphatic heterocycles. The number of rotatable bonds is 7. The standard InChI is InChI=1S/C35H38N6O4/c1-5-41(29-10-11-31-30(19-29)27(20-36)21-38-31)33(43)25-8-6-23(7-9-25)26-12-15-37-28(18-26)22-39-32(42)24-13-16-40(17-14-24)34(44)45-35(2,3)4/h6-12,15,18-19,21,24,38H,5,13-14,16-17,22H2,1-4H3,(H,39,42). The van der Waals surface area contributed by atoms with Gasteiger partial charge in [-0.3, -0.25) is 14.6 Å². The van der Waals surface area contributed by atoms with Crippen LogP contribution >= 0.6 is 0 Å². The monoisotopic (exact) mass is 606 g/mol. The fourth-order valence-electron chi connectivity index (χ4n) is 5.50. The molecule has 2 N–H and O–H groups in total. The molecule has 0 radical (unpaired) electrons. The van der Waals surface area contributed by atoms with Gasteiger partial charge in [0.2, 0.25) is 5.91 Å². The number of carbonyl (C=O) groups excluding carboxylic acids is 3. The quantitative estimate of drug-likeness (QED) is 0.264. The molecular formula is C35H38N6O4. The van der Waals surface area contributed by atoms with E-state index in [1.165, 1.54) is 0 Å². The molecule has 0 atom stereocenters. The van der Waals surface area contributed by atoms with Gasteiger partial charge in [-0.2, -0.15) is 5.26 Å². The first kappa shape index (κ1) is 31.3. The van der Waals surface area contributed by atoms with Crippen molar-refractivity contribution in [1.29, 1.82) is 5.26 Å². The SMILES string of the molecule is CCN(C(=O)c1ccc(-c2ccnc(CNC(=O)C3CCN(C(=O)OC(C)(C)C)CC3)c2)cc1)c1ccc2[nH]cc(C#N)c2c1. The summed E-state index contributed by atoms with van der Waals surface area (Å²) in [6.07, 6.45) is 4.21. The predicted molar refractivity (Wildman–Crippen MR) is 172 cm³/mol. The number of aromatic amines is 1. The number of benzene rings is 2. The molecule has 1 aliphatic rings. The maximum absolute atomic E-state index is 13.5. The fraction of sp³-hybridized carbons (Fsp3) is 0.343. The van der Waals surface area contributed by atoms with Crippen LogP contribution in [0.4, 0.5) is 10.5 Å². The van der Waals surface area contributed by atoms with Crippen LogP contribution in [-0.4, -0.2) is 58.0 Å². The van der Waals surface area contributed by atoms with Gasteiger partial charge < -0.3 is 24.8 Å². The van der Waals surface area contributed by atoms with Gasteiger partial charge in [0, 0.05) is 60.1 Å². The number of nitrogens with one attached hydrogen (secondary N) is 2. The number of likely N-dealkylation sites (tertiary alicyclic amines) is 1. The molecule has 2 aromatic heterocycles. The van der Waals surface area contributed by atoms with Crippen LogP contribution in [0.2, 0.25) is 0 Å². The Morgan fingerprint density at radius 3 is 2.47 bits per heavy atom. The average Bonchev–Trinajstić information content (AvgIpc) is 3.46. The van der Waals surface area contributed by atoms with Crippen LogP contribution in [0.3, 0.4) is 0 Å². The van der Waals surface area contributed by atoms with Gasteiger partial charge in [-0.15, -0.1) is 0 Å². The van der Waals surface area contributed by atoms with Gasteiger partial charge >= 0.3 is 6.09 Å². The topological polar surface area (TPSA) is 131 Å². The Balaban J connectivity index is 1.19. The average molecular weight is 607 g/mol. The molecule has 0 bridgehead atoms. The highest BCUT2D eigenvalue weighted by Gasteiger charge is 2.30. The number of carbonyl (C=O) groups is 3. The number of H-pyrrole nitrogens is 1. The molecule has 0 saturated carbocycles. The van der Waals surface area contributed by atoms with Crippen LogP contribution < -0.4 is 10.2 Å². The fourth-order valence-corrected chi connectivity index (χ4v) is 5.50. The highest BCUT2D eigenvalue weighted by molar-refractivity contribution is 6.07. The molecule has 45 heavy (non-hydrogen) atoms. The first-order chi connectivity index (χ1) is 21.6. The summed E-state index contributed by atoms with van der Waals surface area (Å²) >= 11 is 0. The lowest BCUT2D eigenvalue weighted by Gasteiger charge is -2.32. The zero-order chi connectivity index (χ0) is 32.1. The number of pyridine rings is 1. The number of fused-ring (bicyclic) bond motifs is 1. The third-order valence-corrected chi connectivity index (χ3v) is 7.90. The van der Waals surface area contributed by atoms with E-state index in [-0.39, 0.29) is 23.8 Å². The Morgan fingerprint density at radius 1 is 1.07 bits per heavy atom. The van der Waals surface area contributed by atoms with E-state index < -0.39 is 5.60 Å². The van der Waals surface area contributed by atoms with Crippen LogP contribution in [0.1, 0.15) is 62.2 Å². The van der Waals surface area contributed by atoms with E-state index in [0.717, 1.165) is 33.4 Å². The summed E-state index contributed by atoms with van der Waals surface area (Å²) in [5.74, 6) is -0.348. The van der Waals surface area contributed by atoms with Gasteiger partial charge in [-0.25, -0.2) is 4.79 Å². The maximum atomic E-state index is 13.5. The van der Waals surface area contributed by atoms with E-state index in [4.69, 9.17) is 4.74 Å². The minimum atomic E-state index is -0.549. The summed E-state index contributed by atoms with van der Waals surface area (Å²) in [7, 11) is 0. The Bertz CT molecular complexity index is 1740. The van der Waals surface area contributed by atoms with Gasteiger partial charge in [-0.05, 0) is 94.1 Å². The zero-order valence-electron chi connectivity index (χ0n) is 26.1. The second-order valence-corrected chi connectivity index (χ2v) is 12.2. The minimum absolute atomic E-state index is 0.0473. The second-order valence-electron chi connectivity index (χ2n) is 12.2. The molecule has 3 heterocycles. The molecular weight excluding hydrogens is 568 g/mol. The Kier molecular flexibility index (Phi) is 9.18. The van der Waals surface area contributed by atoms with Gasteiger partial charge in [0.25, 0.3) is 5.91 Å². The van der Waals surface area contributed by atoms with Crippen molar-refractivity contribution in [3.63, 3.8) is 0 Å². The van der Waals surface area contributed by atoms with Crippen LogP contribution in [0.5, 0.6) is 0 Å². The van der Waals surface area contributed by atoms with Gasteiger partial charge in [0.1, 0.15) is 11.7 Å². The van der Waals surface area contributed by atoms with Crippen molar-refractivity contribution in [1.82, 2.24) is 20.2 Å². The third kappa shape index (κ3) is 7.32. The lowest BCUT2D eigenvalue weighted by atomic mass is 9.96. The third-order valence-electron chi connectivity index (χ3n) is 7.90. The van der Waals surface area contributed by atoms with Crippen LogP contribution in [0, 0.1) is 17.2 Å². The highest BCUT2D eigenvalue weighted by Crippen LogP contribution is 2.27. The van der Waals surface area contributed by atoms with E-state index in [1.807, 2.05) is 70.2 Å². The number of hydrogen-bond acceptors (Lipinski definition) is 6. The molecule has 0 aliphatic carbocycles. The van der Waals surface area contributed by atoms with Crippen molar-refractivity contribution in [2.75, 3.05) is 24.5 Å². The first-order valence-electron chi connectivity index (χ1n) is 15.2. The highest BCUT2D eigenvalue weighted by atomic mass is 16.6. The largest absolute Gasteiger partial charge is 0.444 e. The maximum Gasteiger partial charge on any atom is 0.410 e. The van der Waals surface area contributed by atoms with Gasteiger partial charge in [0.15, 0.2) is 0 Å². The van der Waals surface area contributed by atoms with Crippen LogP contribution in [-0.2, 0) is 16.1 Å². The van der Waals surface area contributed by atoms with Crippen LogP contribution in [0.15, 0.2) is 67.0 Å². The summed E-state index contributed by atoms with van der Waals surface area (Å²) < 4.78 is 5.44. The van der Waals surface area contributed by atoms with Crippen molar-refractivity contribution in [3.8, 4) is 17.2 Å². The van der Waals surface area contributed by atoms with Crippen molar-refractivity contribution in [2.24, 2.45) is 5.92 Å². The van der Waals surface area contributed by atoms with E-state index in [0.29, 0.717) is 50.1 Å². The molecule has 1 fully saturated rings. The van der Waals surface area contributed by atoms with E-state index in [1.54, 1.807) is 34.3 Å². The zero-order valence-corrected chi connectivity index (χ0v) is 26.1. The summed E-state index contributed by atoms with van der Waals surface area (Å²) in [5.41, 5.74) is 4.68.